The number of carboxylic acids is 1. The van der Waals surface area contributed by atoms with Crippen molar-refractivity contribution in [3.63, 3.8) is 0 Å². The van der Waals surface area contributed by atoms with E-state index in [-0.39, 0.29) is 22.8 Å². The summed E-state index contributed by atoms with van der Waals surface area (Å²) in [5.41, 5.74) is 0.0246. The Balaban J connectivity index is 2.48. The summed E-state index contributed by atoms with van der Waals surface area (Å²) in [5, 5.41) is 8.89. The molecular formula is C12H9F3N2O3. The summed E-state index contributed by atoms with van der Waals surface area (Å²) in [5.74, 6) is -1.72. The van der Waals surface area contributed by atoms with Gasteiger partial charge in [-0.25, -0.2) is 9.78 Å². The van der Waals surface area contributed by atoms with Gasteiger partial charge in [-0.2, -0.15) is 0 Å². The molecule has 0 aliphatic carbocycles. The molecule has 1 aromatic carbocycles. The van der Waals surface area contributed by atoms with Gasteiger partial charge < -0.3 is 14.8 Å². The van der Waals surface area contributed by atoms with E-state index in [0.29, 0.717) is 0 Å². The van der Waals surface area contributed by atoms with Crippen LogP contribution in [-0.4, -0.2) is 27.4 Å². The van der Waals surface area contributed by atoms with Crippen LogP contribution in [0.15, 0.2) is 24.3 Å². The molecule has 0 aliphatic rings. The molecule has 8 heteroatoms. The van der Waals surface area contributed by atoms with E-state index in [2.05, 4.69) is 14.7 Å². The average molecular weight is 286 g/mol. The molecule has 0 radical (unpaired) electrons. The third kappa shape index (κ3) is 2.90. The highest BCUT2D eigenvalue weighted by molar-refractivity contribution is 5.87. The first-order chi connectivity index (χ1) is 9.28. The maximum atomic E-state index is 12.3. The number of benzene rings is 1. The molecule has 1 aromatic heterocycles. The Hall–Kier alpha value is -2.51. The van der Waals surface area contributed by atoms with Crippen LogP contribution in [0.1, 0.15) is 16.2 Å². The minimum absolute atomic E-state index is 0.000231. The number of aromatic carboxylic acids is 1. The third-order valence-electron chi connectivity index (χ3n) is 2.46. The van der Waals surface area contributed by atoms with Crippen molar-refractivity contribution in [1.82, 2.24) is 9.97 Å². The number of carboxylic acid groups (broad SMARTS) is 1. The summed E-state index contributed by atoms with van der Waals surface area (Å²) in [6.07, 6.45) is -4.84. The summed E-state index contributed by atoms with van der Waals surface area (Å²) < 4.78 is 40.8. The van der Waals surface area contributed by atoms with Crippen molar-refractivity contribution in [2.45, 2.75) is 13.3 Å². The number of hydrogen-bond acceptors (Lipinski definition) is 3. The largest absolute Gasteiger partial charge is 0.573 e. The Bertz CT molecular complexity index is 650. The number of carbonyl (C=O) groups is 1. The molecule has 0 saturated carbocycles. The smallest absolute Gasteiger partial charge is 0.476 e. The van der Waals surface area contributed by atoms with Gasteiger partial charge >= 0.3 is 12.3 Å². The number of nitrogens with zero attached hydrogens (tertiary/aromatic N) is 1. The van der Waals surface area contributed by atoms with Crippen molar-refractivity contribution < 1.29 is 27.8 Å². The summed E-state index contributed by atoms with van der Waals surface area (Å²) in [7, 11) is 0. The van der Waals surface area contributed by atoms with Gasteiger partial charge in [0.1, 0.15) is 11.6 Å². The molecule has 2 N–H and O–H groups in total. The Morgan fingerprint density at radius 1 is 1.35 bits per heavy atom. The van der Waals surface area contributed by atoms with Crippen molar-refractivity contribution in [2.75, 3.05) is 0 Å². The van der Waals surface area contributed by atoms with E-state index in [1.165, 1.54) is 25.1 Å². The highest BCUT2D eigenvalue weighted by atomic mass is 19.4. The van der Waals surface area contributed by atoms with Crippen molar-refractivity contribution in [1.29, 1.82) is 0 Å². The molecule has 0 spiro atoms. The fourth-order valence-corrected chi connectivity index (χ4v) is 1.67. The van der Waals surface area contributed by atoms with Crippen LogP contribution in [0.4, 0.5) is 13.2 Å². The van der Waals surface area contributed by atoms with E-state index in [1.807, 2.05) is 0 Å². The van der Waals surface area contributed by atoms with E-state index in [9.17, 15) is 18.0 Å². The summed E-state index contributed by atoms with van der Waals surface area (Å²) >= 11 is 0. The van der Waals surface area contributed by atoms with Gasteiger partial charge in [0.2, 0.25) is 0 Å². The van der Waals surface area contributed by atoms with Crippen molar-refractivity contribution >= 4 is 5.97 Å². The number of nitrogens with one attached hydrogen (secondary N) is 1. The number of halogens is 3. The number of hydrogen-bond donors (Lipinski definition) is 2. The molecule has 1 heterocycles. The van der Waals surface area contributed by atoms with Crippen LogP contribution in [0.3, 0.4) is 0 Å². The van der Waals surface area contributed by atoms with Gasteiger partial charge in [-0.1, -0.05) is 12.1 Å². The molecular weight excluding hydrogens is 277 g/mol. The van der Waals surface area contributed by atoms with E-state index in [4.69, 9.17) is 5.11 Å². The van der Waals surface area contributed by atoms with E-state index in [0.717, 1.165) is 6.07 Å². The van der Waals surface area contributed by atoms with Crippen LogP contribution < -0.4 is 4.74 Å². The number of alkyl halides is 3. The third-order valence-corrected chi connectivity index (χ3v) is 2.46. The standard InChI is InChI=1S/C12H9F3N2O3/c1-6-9(11(18)19)17-10(16-6)7-4-2-3-5-8(7)20-12(13,14)15/h2-5H,1H3,(H,16,17)(H,18,19). The van der Waals surface area contributed by atoms with Crippen LogP contribution in [0, 0.1) is 6.92 Å². The van der Waals surface area contributed by atoms with Crippen molar-refractivity contribution in [3.05, 3.63) is 35.7 Å². The number of H-pyrrole nitrogens is 1. The lowest BCUT2D eigenvalue weighted by molar-refractivity contribution is -0.274. The predicted molar refractivity (Wildman–Crippen MR) is 62.4 cm³/mol. The van der Waals surface area contributed by atoms with Crippen LogP contribution in [0.2, 0.25) is 0 Å². The maximum Gasteiger partial charge on any atom is 0.573 e. The van der Waals surface area contributed by atoms with Gasteiger partial charge in [-0.15, -0.1) is 13.2 Å². The molecule has 0 bridgehead atoms. The normalized spacial score (nSPS) is 11.4. The monoisotopic (exact) mass is 286 g/mol. The van der Waals surface area contributed by atoms with Gasteiger partial charge in [0.05, 0.1) is 5.56 Å². The molecule has 2 aromatic rings. The highest BCUT2D eigenvalue weighted by Gasteiger charge is 2.32. The number of rotatable bonds is 3. The molecule has 20 heavy (non-hydrogen) atoms. The van der Waals surface area contributed by atoms with Gasteiger partial charge in [0.25, 0.3) is 0 Å². The van der Waals surface area contributed by atoms with E-state index < -0.39 is 18.1 Å². The minimum Gasteiger partial charge on any atom is -0.476 e. The van der Waals surface area contributed by atoms with Crippen LogP contribution >= 0.6 is 0 Å². The molecule has 5 nitrogen and oxygen atoms in total. The Morgan fingerprint density at radius 2 is 2.00 bits per heavy atom. The predicted octanol–water partition coefficient (Wildman–Crippen LogP) is 2.98. The number of aromatic nitrogens is 2. The van der Waals surface area contributed by atoms with Crippen molar-refractivity contribution in [2.24, 2.45) is 0 Å². The molecule has 0 unspecified atom stereocenters. The van der Waals surface area contributed by atoms with E-state index >= 15 is 0 Å². The second-order valence-electron chi connectivity index (χ2n) is 3.91. The minimum atomic E-state index is -4.84. The first-order valence-electron chi connectivity index (χ1n) is 5.43. The molecule has 0 aliphatic heterocycles. The number of ether oxygens (including phenoxy) is 1. The molecule has 106 valence electrons. The molecule has 0 amide bonds. The number of para-hydroxylation sites is 1. The van der Waals surface area contributed by atoms with Crippen LogP contribution in [0.25, 0.3) is 11.4 Å². The second kappa shape index (κ2) is 4.87. The summed E-state index contributed by atoms with van der Waals surface area (Å²) in [4.78, 5) is 17.3. The molecule has 2 rings (SSSR count). The first kappa shape index (κ1) is 13.9. The maximum absolute atomic E-state index is 12.3. The molecule has 0 saturated heterocycles. The van der Waals surface area contributed by atoms with Crippen LogP contribution in [-0.2, 0) is 0 Å². The SMILES string of the molecule is Cc1[nH]c(-c2ccccc2OC(F)(F)F)nc1C(=O)O. The lowest BCUT2D eigenvalue weighted by atomic mass is 10.2. The molecule has 0 fully saturated rings. The zero-order valence-corrected chi connectivity index (χ0v) is 10.2. The number of aryl methyl sites for hydroxylation is 1. The lowest BCUT2D eigenvalue weighted by Gasteiger charge is -2.11. The fourth-order valence-electron chi connectivity index (χ4n) is 1.67. The van der Waals surface area contributed by atoms with Gasteiger partial charge in [-0.3, -0.25) is 0 Å². The van der Waals surface area contributed by atoms with Crippen molar-refractivity contribution in [3.8, 4) is 17.1 Å². The zero-order chi connectivity index (χ0) is 14.9. The Labute approximate surface area is 111 Å². The number of aromatic amines is 1. The van der Waals surface area contributed by atoms with Gasteiger partial charge in [0.15, 0.2) is 5.69 Å². The average Bonchev–Trinajstić information content (AvgIpc) is 2.70. The number of imidazole rings is 1. The highest BCUT2D eigenvalue weighted by Crippen LogP contribution is 2.32. The van der Waals surface area contributed by atoms with Gasteiger partial charge in [-0.05, 0) is 19.1 Å². The first-order valence-corrected chi connectivity index (χ1v) is 5.43. The topological polar surface area (TPSA) is 75.2 Å². The zero-order valence-electron chi connectivity index (χ0n) is 10.2. The van der Waals surface area contributed by atoms with Crippen LogP contribution in [0.5, 0.6) is 5.75 Å². The Kier molecular flexibility index (Phi) is 3.39. The summed E-state index contributed by atoms with van der Waals surface area (Å²) in [6, 6.07) is 5.35. The molecule has 0 atom stereocenters. The Morgan fingerprint density at radius 3 is 2.55 bits per heavy atom. The van der Waals surface area contributed by atoms with Gasteiger partial charge in [0, 0.05) is 5.69 Å². The lowest BCUT2D eigenvalue weighted by Crippen LogP contribution is -2.17. The quantitative estimate of drug-likeness (QED) is 0.909. The fraction of sp³-hybridized carbons (Fsp3) is 0.167. The van der Waals surface area contributed by atoms with E-state index in [1.54, 1.807) is 0 Å². The summed E-state index contributed by atoms with van der Waals surface area (Å²) in [6.45, 7) is 1.47. The second-order valence-corrected chi connectivity index (χ2v) is 3.91.